The molecule has 1 aromatic carbocycles. The molecule has 0 amide bonds. The van der Waals surface area contributed by atoms with E-state index in [1.165, 1.54) is 6.42 Å². The first-order valence-corrected chi connectivity index (χ1v) is 9.01. The van der Waals surface area contributed by atoms with Gasteiger partial charge < -0.3 is 0 Å². The summed E-state index contributed by atoms with van der Waals surface area (Å²) in [5, 5.41) is 8.63. The van der Waals surface area contributed by atoms with Gasteiger partial charge in [-0.05, 0) is 36.5 Å². The molecule has 4 nitrogen and oxygen atoms in total. The van der Waals surface area contributed by atoms with Crippen molar-refractivity contribution in [2.75, 3.05) is 0 Å². The third kappa shape index (κ3) is 4.29. The number of hydrogen-bond acceptors (Lipinski definition) is 3. The van der Waals surface area contributed by atoms with E-state index < -0.39 is 10.0 Å². The van der Waals surface area contributed by atoms with E-state index in [4.69, 9.17) is 5.26 Å². The van der Waals surface area contributed by atoms with Crippen molar-refractivity contribution in [2.24, 2.45) is 5.92 Å². The molecule has 1 aliphatic carbocycles. The first kappa shape index (κ1) is 16.0. The molecule has 0 aromatic heterocycles. The van der Waals surface area contributed by atoms with Gasteiger partial charge in [0.2, 0.25) is 10.0 Å². The lowest BCUT2D eigenvalue weighted by Crippen LogP contribution is -2.38. The monoisotopic (exact) mass is 306 g/mol. The molecule has 0 radical (unpaired) electrons. The quantitative estimate of drug-likeness (QED) is 0.909. The van der Waals surface area contributed by atoms with E-state index in [9.17, 15) is 8.42 Å². The zero-order chi connectivity index (χ0) is 15.3. The predicted molar refractivity (Wildman–Crippen MR) is 82.1 cm³/mol. The Hall–Kier alpha value is -1.38. The SMILES string of the molecule is CCC1CCCC(NS(=O)(=O)c2ccc(CC#N)cc2)C1. The molecule has 2 atom stereocenters. The summed E-state index contributed by atoms with van der Waals surface area (Å²) in [6, 6.07) is 8.66. The Morgan fingerprint density at radius 1 is 1.29 bits per heavy atom. The van der Waals surface area contributed by atoms with Gasteiger partial charge in [0.15, 0.2) is 0 Å². The average Bonchev–Trinajstić information content (AvgIpc) is 2.48. The van der Waals surface area contributed by atoms with Crippen molar-refractivity contribution in [1.82, 2.24) is 4.72 Å². The maximum Gasteiger partial charge on any atom is 0.240 e. The van der Waals surface area contributed by atoms with Crippen LogP contribution in [0.2, 0.25) is 0 Å². The highest BCUT2D eigenvalue weighted by atomic mass is 32.2. The molecule has 0 aliphatic heterocycles. The summed E-state index contributed by atoms with van der Waals surface area (Å²) < 4.78 is 27.6. The third-order valence-electron chi connectivity index (χ3n) is 4.20. The molecule has 1 aromatic rings. The lowest BCUT2D eigenvalue weighted by molar-refractivity contribution is 0.301. The summed E-state index contributed by atoms with van der Waals surface area (Å²) in [7, 11) is -3.46. The minimum atomic E-state index is -3.46. The largest absolute Gasteiger partial charge is 0.240 e. The van der Waals surface area contributed by atoms with Crippen molar-refractivity contribution >= 4 is 10.0 Å². The maximum atomic E-state index is 12.4. The van der Waals surface area contributed by atoms with Crippen LogP contribution in [-0.2, 0) is 16.4 Å². The lowest BCUT2D eigenvalue weighted by atomic mass is 9.85. The molecule has 1 saturated carbocycles. The van der Waals surface area contributed by atoms with Crippen molar-refractivity contribution in [3.05, 3.63) is 29.8 Å². The van der Waals surface area contributed by atoms with Gasteiger partial charge in [0, 0.05) is 6.04 Å². The fourth-order valence-electron chi connectivity index (χ4n) is 2.93. The van der Waals surface area contributed by atoms with Gasteiger partial charge in [-0.1, -0.05) is 38.3 Å². The molecule has 2 rings (SSSR count). The second-order valence-electron chi connectivity index (χ2n) is 5.74. The van der Waals surface area contributed by atoms with Crippen LogP contribution in [0.15, 0.2) is 29.2 Å². The van der Waals surface area contributed by atoms with Crippen LogP contribution in [-0.4, -0.2) is 14.5 Å². The van der Waals surface area contributed by atoms with Gasteiger partial charge in [-0.25, -0.2) is 13.1 Å². The topological polar surface area (TPSA) is 70.0 Å². The average molecular weight is 306 g/mol. The summed E-state index contributed by atoms with van der Waals surface area (Å²) in [5.41, 5.74) is 0.833. The van der Waals surface area contributed by atoms with Crippen molar-refractivity contribution < 1.29 is 8.42 Å². The molecule has 114 valence electrons. The van der Waals surface area contributed by atoms with E-state index in [0.717, 1.165) is 31.2 Å². The minimum absolute atomic E-state index is 0.0486. The molecule has 1 fully saturated rings. The molecule has 21 heavy (non-hydrogen) atoms. The van der Waals surface area contributed by atoms with E-state index in [1.54, 1.807) is 24.3 Å². The predicted octanol–water partition coefficient (Wildman–Crippen LogP) is 3.00. The number of rotatable bonds is 5. The fourth-order valence-corrected chi connectivity index (χ4v) is 4.22. The van der Waals surface area contributed by atoms with E-state index in [1.807, 2.05) is 0 Å². The van der Waals surface area contributed by atoms with Gasteiger partial charge in [0.05, 0.1) is 17.4 Å². The zero-order valence-corrected chi connectivity index (χ0v) is 13.2. The summed E-state index contributed by atoms with van der Waals surface area (Å²) in [6.45, 7) is 2.16. The number of nitriles is 1. The van der Waals surface area contributed by atoms with E-state index in [0.29, 0.717) is 12.3 Å². The summed E-state index contributed by atoms with van der Waals surface area (Å²) in [4.78, 5) is 0.280. The van der Waals surface area contributed by atoms with Crippen molar-refractivity contribution in [1.29, 1.82) is 5.26 Å². The van der Waals surface area contributed by atoms with Crippen molar-refractivity contribution in [3.8, 4) is 6.07 Å². The lowest BCUT2D eigenvalue weighted by Gasteiger charge is -2.28. The standard InChI is InChI=1S/C16H22N2O2S/c1-2-13-4-3-5-15(12-13)18-21(19,20)16-8-6-14(7-9-16)10-11-17/h6-9,13,15,18H,2-5,10,12H2,1H3. The molecule has 1 N–H and O–H groups in total. The molecule has 5 heteroatoms. The smallest absolute Gasteiger partial charge is 0.208 e. The van der Waals surface area contributed by atoms with Gasteiger partial charge in [-0.3, -0.25) is 0 Å². The first-order valence-electron chi connectivity index (χ1n) is 7.53. The number of benzene rings is 1. The second-order valence-corrected chi connectivity index (χ2v) is 7.45. The second kappa shape index (κ2) is 7.06. The molecule has 0 bridgehead atoms. The Bertz CT molecular complexity index is 602. The van der Waals surface area contributed by atoms with Crippen LogP contribution < -0.4 is 4.72 Å². The van der Waals surface area contributed by atoms with Crippen molar-refractivity contribution in [2.45, 2.75) is 56.4 Å². The van der Waals surface area contributed by atoms with E-state index >= 15 is 0 Å². The minimum Gasteiger partial charge on any atom is -0.208 e. The Kier molecular flexibility index (Phi) is 5.38. The van der Waals surface area contributed by atoms with Crippen LogP contribution in [0.25, 0.3) is 0 Å². The fraction of sp³-hybridized carbons (Fsp3) is 0.562. The summed E-state index contributed by atoms with van der Waals surface area (Å²) in [6.07, 6.45) is 5.56. The highest BCUT2D eigenvalue weighted by Crippen LogP contribution is 2.27. The number of sulfonamides is 1. The van der Waals surface area contributed by atoms with Crippen molar-refractivity contribution in [3.63, 3.8) is 0 Å². The molecule has 0 saturated heterocycles. The Morgan fingerprint density at radius 3 is 2.62 bits per heavy atom. The third-order valence-corrected chi connectivity index (χ3v) is 5.74. The molecule has 2 unspecified atom stereocenters. The van der Waals surface area contributed by atoms with Crippen LogP contribution in [0.5, 0.6) is 0 Å². The number of hydrogen-bond donors (Lipinski definition) is 1. The van der Waals surface area contributed by atoms with Crippen LogP contribution in [0.1, 0.15) is 44.6 Å². The summed E-state index contributed by atoms with van der Waals surface area (Å²) in [5.74, 6) is 0.629. The highest BCUT2D eigenvalue weighted by Gasteiger charge is 2.25. The molecule has 0 spiro atoms. The van der Waals surface area contributed by atoms with E-state index in [2.05, 4.69) is 17.7 Å². The van der Waals surface area contributed by atoms with E-state index in [-0.39, 0.29) is 10.9 Å². The Balaban J connectivity index is 2.05. The normalized spacial score (nSPS) is 22.7. The number of nitrogens with one attached hydrogen (secondary N) is 1. The van der Waals surface area contributed by atoms with Gasteiger partial charge in [-0.15, -0.1) is 0 Å². The van der Waals surface area contributed by atoms with Crippen LogP contribution in [0, 0.1) is 17.2 Å². The summed E-state index contributed by atoms with van der Waals surface area (Å²) >= 11 is 0. The Morgan fingerprint density at radius 2 is 2.00 bits per heavy atom. The number of nitrogens with zero attached hydrogens (tertiary/aromatic N) is 1. The molecular weight excluding hydrogens is 284 g/mol. The highest BCUT2D eigenvalue weighted by molar-refractivity contribution is 7.89. The molecular formula is C16H22N2O2S. The van der Waals surface area contributed by atoms with Crippen LogP contribution in [0.4, 0.5) is 0 Å². The van der Waals surface area contributed by atoms with Gasteiger partial charge in [0.25, 0.3) is 0 Å². The van der Waals surface area contributed by atoms with Crippen LogP contribution >= 0.6 is 0 Å². The Labute approximate surface area is 127 Å². The zero-order valence-electron chi connectivity index (χ0n) is 12.4. The van der Waals surface area contributed by atoms with Gasteiger partial charge in [-0.2, -0.15) is 5.26 Å². The first-order chi connectivity index (χ1) is 10.0. The maximum absolute atomic E-state index is 12.4. The van der Waals surface area contributed by atoms with Crippen LogP contribution in [0.3, 0.4) is 0 Å². The molecule has 0 heterocycles. The van der Waals surface area contributed by atoms with Gasteiger partial charge in [0.1, 0.15) is 0 Å². The van der Waals surface area contributed by atoms with Gasteiger partial charge >= 0.3 is 0 Å². The molecule has 1 aliphatic rings.